The minimum atomic E-state index is -1.25. The maximum Gasteiger partial charge on any atom is 0.408 e. The number of nitro groups is 2. The van der Waals surface area contributed by atoms with Crippen LogP contribution in [0.25, 0.3) is 0 Å². The van der Waals surface area contributed by atoms with E-state index in [1.807, 2.05) is 0 Å². The van der Waals surface area contributed by atoms with Crippen molar-refractivity contribution in [3.8, 4) is 0 Å². The highest BCUT2D eigenvalue weighted by atomic mass is 32.2. The number of ketones is 1. The first kappa shape index (κ1) is 34.4. The molecular formula is C28H30N4O12S. The number of ether oxygens (including phenoxy) is 3. The maximum absolute atomic E-state index is 13.0. The van der Waals surface area contributed by atoms with E-state index in [1.165, 1.54) is 48.5 Å². The Hall–Kier alpha value is -5.06. The summed E-state index contributed by atoms with van der Waals surface area (Å²) in [4.78, 5) is 83.0. The van der Waals surface area contributed by atoms with E-state index in [1.54, 1.807) is 20.8 Å². The second kappa shape index (κ2) is 15.1. The lowest BCUT2D eigenvalue weighted by Gasteiger charge is -2.37. The lowest BCUT2D eigenvalue weighted by Crippen LogP contribution is -2.70. The molecule has 0 aromatic heterocycles. The van der Waals surface area contributed by atoms with Gasteiger partial charge in [-0.2, -0.15) is 0 Å². The Balaban J connectivity index is 1.57. The third-order valence-corrected chi connectivity index (χ3v) is 7.40. The van der Waals surface area contributed by atoms with Gasteiger partial charge in [-0.3, -0.25) is 34.6 Å². The van der Waals surface area contributed by atoms with Gasteiger partial charge in [0, 0.05) is 30.0 Å². The van der Waals surface area contributed by atoms with Crippen LogP contribution in [0.2, 0.25) is 0 Å². The van der Waals surface area contributed by atoms with Crippen LogP contribution in [0.4, 0.5) is 16.2 Å². The highest BCUT2D eigenvalue weighted by Crippen LogP contribution is 2.24. The van der Waals surface area contributed by atoms with Gasteiger partial charge in [0.15, 0.2) is 0 Å². The molecular weight excluding hydrogens is 616 g/mol. The van der Waals surface area contributed by atoms with Crippen molar-refractivity contribution in [3.05, 3.63) is 79.9 Å². The first-order valence-corrected chi connectivity index (χ1v) is 14.4. The molecule has 1 aliphatic rings. The van der Waals surface area contributed by atoms with Gasteiger partial charge in [-0.15, -0.1) is 11.8 Å². The number of carbonyl (C=O) groups excluding carboxylic acids is 5. The predicted octanol–water partition coefficient (Wildman–Crippen LogP) is 2.74. The highest BCUT2D eigenvalue weighted by Gasteiger charge is 2.42. The molecule has 0 spiro atoms. The standard InChI is InChI=1S/C28H30N4O12S/c1-28(2,3)44-22(33)12-21(24(34)26(36)42-13-16-4-8-18(9-5-16)31(38)39)45-15-20-23(25(35)29-20)30-27(37)43-14-17-6-10-19(11-7-17)32(40)41/h4-11,20-21,23H,12-15H2,1-3H3,(H,29,35)(H,30,37)/t20-,21?,23+/m1/s1. The normalized spacial score (nSPS) is 16.3. The number of non-ortho nitro benzene ring substituents is 2. The van der Waals surface area contributed by atoms with Gasteiger partial charge in [0.25, 0.3) is 17.2 Å². The number of rotatable bonds is 14. The molecule has 17 heteroatoms. The van der Waals surface area contributed by atoms with Gasteiger partial charge in [-0.05, 0) is 56.2 Å². The molecule has 3 atom stereocenters. The van der Waals surface area contributed by atoms with Crippen LogP contribution in [0.5, 0.6) is 0 Å². The quantitative estimate of drug-likeness (QED) is 0.0753. The van der Waals surface area contributed by atoms with Gasteiger partial charge in [0.2, 0.25) is 5.91 Å². The number of nitrogens with zero attached hydrogens (tertiary/aromatic N) is 2. The summed E-state index contributed by atoms with van der Waals surface area (Å²) < 4.78 is 15.5. The fourth-order valence-corrected chi connectivity index (χ4v) is 5.04. The van der Waals surface area contributed by atoms with Crippen LogP contribution in [-0.4, -0.2) is 68.3 Å². The van der Waals surface area contributed by atoms with Crippen molar-refractivity contribution in [2.24, 2.45) is 0 Å². The van der Waals surface area contributed by atoms with Crippen molar-refractivity contribution in [2.45, 2.75) is 63.3 Å². The number of alkyl carbamates (subject to hydrolysis) is 1. The van der Waals surface area contributed by atoms with Gasteiger partial charge in [0.05, 0.1) is 27.6 Å². The Labute approximate surface area is 260 Å². The first-order valence-electron chi connectivity index (χ1n) is 13.4. The molecule has 240 valence electrons. The number of hydrogen-bond donors (Lipinski definition) is 2. The van der Waals surface area contributed by atoms with Crippen molar-refractivity contribution >= 4 is 52.9 Å². The number of thioether (sulfide) groups is 1. The number of nitro benzene ring substituents is 2. The van der Waals surface area contributed by atoms with Crippen molar-refractivity contribution in [3.63, 3.8) is 0 Å². The molecule has 45 heavy (non-hydrogen) atoms. The number of Topliss-reactive ketones (excluding diaryl/α,β-unsaturated/α-hetero) is 1. The number of nitrogens with one attached hydrogen (secondary N) is 2. The highest BCUT2D eigenvalue weighted by molar-refractivity contribution is 8.00. The van der Waals surface area contributed by atoms with E-state index >= 15 is 0 Å². The van der Waals surface area contributed by atoms with E-state index in [0.29, 0.717) is 11.1 Å². The van der Waals surface area contributed by atoms with E-state index in [4.69, 9.17) is 14.2 Å². The Morgan fingerprint density at radius 2 is 1.42 bits per heavy atom. The summed E-state index contributed by atoms with van der Waals surface area (Å²) in [5, 5.41) is 25.3. The van der Waals surface area contributed by atoms with Gasteiger partial charge in [-0.25, -0.2) is 9.59 Å². The zero-order chi connectivity index (χ0) is 33.3. The van der Waals surface area contributed by atoms with E-state index in [9.17, 15) is 44.2 Å². The Morgan fingerprint density at radius 1 is 0.911 bits per heavy atom. The van der Waals surface area contributed by atoms with Gasteiger partial charge < -0.3 is 24.8 Å². The smallest absolute Gasteiger partial charge is 0.408 e. The van der Waals surface area contributed by atoms with E-state index < -0.39 is 68.9 Å². The molecule has 0 saturated carbocycles. The molecule has 2 aromatic carbocycles. The third-order valence-electron chi connectivity index (χ3n) is 6.06. The topological polar surface area (TPSA) is 223 Å². The Morgan fingerprint density at radius 3 is 1.89 bits per heavy atom. The van der Waals surface area contributed by atoms with Crippen LogP contribution in [0.15, 0.2) is 48.5 Å². The number of carbonyl (C=O) groups is 5. The zero-order valence-corrected chi connectivity index (χ0v) is 25.2. The number of hydrogen-bond acceptors (Lipinski definition) is 13. The van der Waals surface area contributed by atoms with E-state index in [-0.39, 0.29) is 30.3 Å². The van der Waals surface area contributed by atoms with Gasteiger partial charge >= 0.3 is 18.0 Å². The number of amides is 2. The molecule has 0 bridgehead atoms. The first-order chi connectivity index (χ1) is 21.1. The second-order valence-electron chi connectivity index (χ2n) is 10.7. The summed E-state index contributed by atoms with van der Waals surface area (Å²) in [5.74, 6) is -3.54. The minimum absolute atomic E-state index is 0.00781. The molecule has 2 N–H and O–H groups in total. The summed E-state index contributed by atoms with van der Waals surface area (Å²) in [6.07, 6.45) is -1.41. The fourth-order valence-electron chi connectivity index (χ4n) is 3.82. The Bertz CT molecular complexity index is 1460. The van der Waals surface area contributed by atoms with E-state index in [2.05, 4.69) is 10.6 Å². The number of esters is 2. The summed E-state index contributed by atoms with van der Waals surface area (Å²) in [7, 11) is 0. The van der Waals surface area contributed by atoms with E-state index in [0.717, 1.165) is 11.8 Å². The largest absolute Gasteiger partial charge is 0.460 e. The molecule has 0 aliphatic carbocycles. The monoisotopic (exact) mass is 646 g/mol. The fraction of sp³-hybridized carbons (Fsp3) is 0.393. The molecule has 0 radical (unpaired) electrons. The van der Waals surface area contributed by atoms with Crippen LogP contribution in [-0.2, 0) is 46.6 Å². The van der Waals surface area contributed by atoms with Crippen molar-refractivity contribution in [2.75, 3.05) is 5.75 Å². The zero-order valence-electron chi connectivity index (χ0n) is 24.4. The lowest BCUT2D eigenvalue weighted by molar-refractivity contribution is -0.385. The summed E-state index contributed by atoms with van der Waals surface area (Å²) in [6.45, 7) is 4.34. The summed E-state index contributed by atoms with van der Waals surface area (Å²) in [6, 6.07) is 8.79. The second-order valence-corrected chi connectivity index (χ2v) is 11.9. The molecule has 1 fully saturated rings. The van der Waals surface area contributed by atoms with Gasteiger partial charge in [-0.1, -0.05) is 0 Å². The molecule has 1 heterocycles. The maximum atomic E-state index is 13.0. The van der Waals surface area contributed by atoms with Crippen LogP contribution in [0.1, 0.15) is 38.3 Å². The predicted molar refractivity (Wildman–Crippen MR) is 157 cm³/mol. The molecule has 2 amide bonds. The van der Waals surface area contributed by atoms with Crippen LogP contribution in [0.3, 0.4) is 0 Å². The SMILES string of the molecule is CC(C)(C)OC(=O)CC(SC[C@H]1NC(=O)[C@H]1NC(=O)OCc1ccc([N+](=O)[O-])cc1)C(=O)C(=O)OCc1ccc([N+](=O)[O-])cc1. The van der Waals surface area contributed by atoms with Crippen molar-refractivity contribution in [1.29, 1.82) is 0 Å². The number of β-lactam (4-membered cyclic amide) rings is 1. The number of benzene rings is 2. The summed E-state index contributed by atoms with van der Waals surface area (Å²) >= 11 is 0.882. The van der Waals surface area contributed by atoms with Crippen molar-refractivity contribution in [1.82, 2.24) is 10.6 Å². The lowest BCUT2D eigenvalue weighted by atomic mass is 10.0. The minimum Gasteiger partial charge on any atom is -0.460 e. The molecule has 1 unspecified atom stereocenters. The molecule has 3 rings (SSSR count). The van der Waals surface area contributed by atoms with Crippen LogP contribution in [0, 0.1) is 20.2 Å². The third kappa shape index (κ3) is 10.6. The van der Waals surface area contributed by atoms with Gasteiger partial charge in [0.1, 0.15) is 24.9 Å². The molecule has 2 aromatic rings. The molecule has 16 nitrogen and oxygen atoms in total. The molecule has 1 aliphatic heterocycles. The molecule has 1 saturated heterocycles. The Kier molecular flexibility index (Phi) is 11.5. The van der Waals surface area contributed by atoms with Crippen molar-refractivity contribution < 1.29 is 48.0 Å². The average Bonchev–Trinajstić information content (AvgIpc) is 2.98. The average molecular weight is 647 g/mol. The summed E-state index contributed by atoms with van der Waals surface area (Å²) in [5.41, 5.74) is -0.286. The van der Waals surface area contributed by atoms with Crippen LogP contribution >= 0.6 is 11.8 Å². The van der Waals surface area contributed by atoms with Crippen LogP contribution < -0.4 is 10.6 Å².